The highest BCUT2D eigenvalue weighted by atomic mass is 16.5. The molecule has 0 aromatic carbocycles. The molecule has 2 N–H and O–H groups in total. The summed E-state index contributed by atoms with van der Waals surface area (Å²) in [7, 11) is 1.67. The number of rotatable bonds is 1. The van der Waals surface area contributed by atoms with Crippen LogP contribution in [0.1, 0.15) is 13.3 Å². The summed E-state index contributed by atoms with van der Waals surface area (Å²) in [6.07, 6.45) is 5.91. The van der Waals surface area contributed by atoms with Crippen LogP contribution in [-0.2, 0) is 4.74 Å². The van der Waals surface area contributed by atoms with Crippen LogP contribution in [0.25, 0.3) is 0 Å². The molecular formula is C12H18N4O3+. The third kappa shape index (κ3) is 2.26. The first-order valence-corrected chi connectivity index (χ1v) is 6.17. The van der Waals surface area contributed by atoms with E-state index in [9.17, 15) is 9.59 Å². The Labute approximate surface area is 111 Å². The largest absolute Gasteiger partial charge is 0.459 e. The van der Waals surface area contributed by atoms with Gasteiger partial charge in [0.05, 0.1) is 18.9 Å². The molecule has 2 rings (SSSR count). The van der Waals surface area contributed by atoms with Crippen molar-refractivity contribution >= 4 is 18.3 Å². The van der Waals surface area contributed by atoms with Gasteiger partial charge in [0.15, 0.2) is 6.20 Å². The van der Waals surface area contributed by atoms with Gasteiger partial charge in [-0.3, -0.25) is 4.90 Å². The Hall–Kier alpha value is -1.73. The zero-order valence-corrected chi connectivity index (χ0v) is 11.1. The minimum Gasteiger partial charge on any atom is -0.381 e. The van der Waals surface area contributed by atoms with Crippen molar-refractivity contribution < 1.29 is 18.9 Å². The van der Waals surface area contributed by atoms with E-state index in [0.29, 0.717) is 13.2 Å². The summed E-state index contributed by atoms with van der Waals surface area (Å²) in [6.45, 7) is 3.22. The van der Waals surface area contributed by atoms with Gasteiger partial charge in [0.1, 0.15) is 0 Å². The summed E-state index contributed by atoms with van der Waals surface area (Å²) in [4.78, 5) is 25.6. The molecule has 2 aliphatic heterocycles. The first kappa shape index (κ1) is 13.7. The molecule has 0 spiro atoms. The molecular weight excluding hydrogens is 248 g/mol. The fourth-order valence-corrected chi connectivity index (χ4v) is 2.44. The van der Waals surface area contributed by atoms with Crippen LogP contribution in [0, 0.1) is 12.0 Å². The molecule has 0 aromatic heterocycles. The third-order valence-corrected chi connectivity index (χ3v) is 3.60. The van der Waals surface area contributed by atoms with Gasteiger partial charge in [-0.05, 0) is 11.0 Å². The topological polar surface area (TPSA) is 85.0 Å². The molecule has 0 aromatic rings. The van der Waals surface area contributed by atoms with Gasteiger partial charge in [-0.1, -0.05) is 12.0 Å². The average molecular weight is 266 g/mol. The van der Waals surface area contributed by atoms with Crippen molar-refractivity contribution in [2.24, 2.45) is 16.8 Å². The standard InChI is InChI=1S/C12H17N4O3/c1-9-8-19-7-4-10(9)15(2)12(18)16(11(13)17)6-3-5-14-16/h5-6,9-10H,4,7-8H2,1-2H3,(H-,13,17)/p+1. The number of amides is 4. The molecule has 103 valence electrons. The van der Waals surface area contributed by atoms with Gasteiger partial charge in [-0.25, -0.2) is 9.59 Å². The predicted octanol–water partition coefficient (Wildman–Crippen LogP) is 0.675. The van der Waals surface area contributed by atoms with Gasteiger partial charge in [0, 0.05) is 25.6 Å². The number of carbonyl (C=O) groups excluding carboxylic acids is 2. The molecule has 1 radical (unpaired) electrons. The minimum atomic E-state index is -0.874. The average Bonchev–Trinajstić information content (AvgIpc) is 2.88. The number of imide groups is 1. The Bertz CT molecular complexity index is 434. The van der Waals surface area contributed by atoms with E-state index in [4.69, 9.17) is 10.5 Å². The smallest absolute Gasteiger partial charge is 0.381 e. The summed E-state index contributed by atoms with van der Waals surface area (Å²) >= 11 is 0. The van der Waals surface area contributed by atoms with E-state index < -0.39 is 16.7 Å². The van der Waals surface area contributed by atoms with Crippen LogP contribution in [-0.4, -0.2) is 54.1 Å². The third-order valence-electron chi connectivity index (χ3n) is 3.60. The maximum atomic E-state index is 12.5. The number of ether oxygens (including phenoxy) is 1. The lowest BCUT2D eigenvalue weighted by Crippen LogP contribution is -2.59. The minimum absolute atomic E-state index is 0.0137. The summed E-state index contributed by atoms with van der Waals surface area (Å²) in [5.74, 6) is 0.204. The van der Waals surface area contributed by atoms with Crippen LogP contribution in [0.5, 0.6) is 0 Å². The molecule has 1 fully saturated rings. The SMILES string of the molecule is CC1COCCC1N(C)C(=O)[N+]1(C(N)=O)C=[C]C=N1. The van der Waals surface area contributed by atoms with Crippen LogP contribution in [0.15, 0.2) is 11.3 Å². The van der Waals surface area contributed by atoms with Gasteiger partial charge >= 0.3 is 12.1 Å². The molecule has 2 aliphatic rings. The van der Waals surface area contributed by atoms with E-state index >= 15 is 0 Å². The Morgan fingerprint density at radius 3 is 2.84 bits per heavy atom. The predicted molar refractivity (Wildman–Crippen MR) is 67.7 cm³/mol. The highest BCUT2D eigenvalue weighted by Crippen LogP contribution is 2.24. The maximum Gasteiger partial charge on any atom is 0.459 e. The first-order valence-electron chi connectivity index (χ1n) is 6.17. The lowest BCUT2D eigenvalue weighted by atomic mass is 9.97. The van der Waals surface area contributed by atoms with E-state index in [-0.39, 0.29) is 12.0 Å². The van der Waals surface area contributed by atoms with Crippen molar-refractivity contribution in [2.75, 3.05) is 20.3 Å². The highest BCUT2D eigenvalue weighted by Gasteiger charge is 2.49. The van der Waals surface area contributed by atoms with Crippen LogP contribution in [0.3, 0.4) is 0 Å². The van der Waals surface area contributed by atoms with Crippen molar-refractivity contribution in [3.05, 3.63) is 12.3 Å². The lowest BCUT2D eigenvalue weighted by molar-refractivity contribution is -0.719. The number of carbonyl (C=O) groups is 2. The quantitative estimate of drug-likeness (QED) is 0.708. The van der Waals surface area contributed by atoms with E-state index in [2.05, 4.69) is 11.2 Å². The maximum absolute atomic E-state index is 12.5. The van der Waals surface area contributed by atoms with Crippen LogP contribution in [0.2, 0.25) is 0 Å². The molecule has 7 heteroatoms. The number of hydrogen-bond donors (Lipinski definition) is 1. The second kappa shape index (κ2) is 5.10. The van der Waals surface area contributed by atoms with Gasteiger partial charge in [-0.15, -0.1) is 0 Å². The zero-order valence-electron chi connectivity index (χ0n) is 11.1. The molecule has 3 unspecified atom stereocenters. The monoisotopic (exact) mass is 266 g/mol. The second-order valence-corrected chi connectivity index (χ2v) is 4.87. The van der Waals surface area contributed by atoms with Crippen molar-refractivity contribution in [3.8, 4) is 0 Å². The first-order chi connectivity index (χ1) is 8.99. The van der Waals surface area contributed by atoms with E-state index in [0.717, 1.165) is 6.42 Å². The van der Waals surface area contributed by atoms with Gasteiger partial charge < -0.3 is 10.5 Å². The number of nitrogens with two attached hydrogens (primary N) is 1. The fraction of sp³-hybridized carbons (Fsp3) is 0.583. The summed E-state index contributed by atoms with van der Waals surface area (Å²) in [5.41, 5.74) is 5.31. The Morgan fingerprint density at radius 1 is 1.58 bits per heavy atom. The van der Waals surface area contributed by atoms with E-state index in [1.807, 2.05) is 6.92 Å². The number of quaternary nitrogens is 1. The normalized spacial score (nSPS) is 33.4. The molecule has 0 aliphatic carbocycles. The van der Waals surface area contributed by atoms with Crippen LogP contribution < -0.4 is 5.73 Å². The van der Waals surface area contributed by atoms with Crippen LogP contribution in [0.4, 0.5) is 9.59 Å². The molecule has 1 saturated heterocycles. The number of hydrogen-bond acceptors (Lipinski definition) is 4. The molecule has 19 heavy (non-hydrogen) atoms. The molecule has 0 saturated carbocycles. The molecule has 7 nitrogen and oxygen atoms in total. The highest BCUT2D eigenvalue weighted by molar-refractivity contribution is 5.85. The number of urea groups is 2. The fourth-order valence-electron chi connectivity index (χ4n) is 2.44. The van der Waals surface area contributed by atoms with Crippen molar-refractivity contribution in [2.45, 2.75) is 19.4 Å². The van der Waals surface area contributed by atoms with Crippen molar-refractivity contribution in [3.63, 3.8) is 0 Å². The van der Waals surface area contributed by atoms with Crippen molar-refractivity contribution in [1.29, 1.82) is 0 Å². The second-order valence-electron chi connectivity index (χ2n) is 4.87. The zero-order chi connectivity index (χ0) is 14.0. The lowest BCUT2D eigenvalue weighted by Gasteiger charge is -2.36. The van der Waals surface area contributed by atoms with Crippen molar-refractivity contribution in [1.82, 2.24) is 4.90 Å². The van der Waals surface area contributed by atoms with Crippen LogP contribution >= 0.6 is 0 Å². The molecule has 0 bridgehead atoms. The summed E-state index contributed by atoms with van der Waals surface area (Å²) in [6, 6.07) is -1.29. The summed E-state index contributed by atoms with van der Waals surface area (Å²) < 4.78 is 4.48. The Balaban J connectivity index is 2.20. The number of nitrogens with zero attached hydrogens (tertiary/aromatic N) is 3. The van der Waals surface area contributed by atoms with E-state index in [1.54, 1.807) is 11.9 Å². The van der Waals surface area contributed by atoms with Gasteiger partial charge in [0.25, 0.3) is 0 Å². The number of primary amides is 1. The number of allylic oxidation sites excluding steroid dienone is 1. The Kier molecular flexibility index (Phi) is 3.68. The molecule has 4 amide bonds. The van der Waals surface area contributed by atoms with E-state index in [1.165, 1.54) is 12.4 Å². The van der Waals surface area contributed by atoms with Gasteiger partial charge in [-0.2, -0.15) is 0 Å². The molecule has 2 heterocycles. The summed E-state index contributed by atoms with van der Waals surface area (Å²) in [5, 5.41) is 3.86. The van der Waals surface area contributed by atoms with Gasteiger partial charge in [0.2, 0.25) is 0 Å². The Morgan fingerprint density at radius 2 is 2.32 bits per heavy atom. The molecule has 3 atom stereocenters.